The number of nitrogens with zero attached hydrogens (tertiary/aromatic N) is 2. The molecule has 0 bridgehead atoms. The molecule has 88 valence electrons. The molecule has 0 fully saturated rings. The van der Waals surface area contributed by atoms with Gasteiger partial charge in [0.15, 0.2) is 0 Å². The van der Waals surface area contributed by atoms with Gasteiger partial charge in [0.2, 0.25) is 0 Å². The average Bonchev–Trinajstić information content (AvgIpc) is 2.28. The molecule has 0 aromatic carbocycles. The highest BCUT2D eigenvalue weighted by atomic mass is 16.3. The number of aliphatic hydroxyl groups excluding tert-OH is 2. The quantitative estimate of drug-likeness (QED) is 0.732. The zero-order chi connectivity index (χ0) is 12.0. The van der Waals surface area contributed by atoms with E-state index < -0.39 is 6.10 Å². The molecule has 2 N–H and O–H groups in total. The number of amides is 1. The van der Waals surface area contributed by atoms with Crippen LogP contribution in [0.1, 0.15) is 17.3 Å². The van der Waals surface area contributed by atoms with Crippen LogP contribution >= 0.6 is 0 Å². The Kier molecular flexibility index (Phi) is 4.88. The third kappa shape index (κ3) is 3.60. The zero-order valence-electron chi connectivity index (χ0n) is 9.21. The maximum atomic E-state index is 11.9. The lowest BCUT2D eigenvalue weighted by Gasteiger charge is -2.22. The molecule has 1 rings (SSSR count). The summed E-state index contributed by atoms with van der Waals surface area (Å²) >= 11 is 0. The minimum atomic E-state index is -0.618. The van der Waals surface area contributed by atoms with E-state index in [9.17, 15) is 9.90 Å². The summed E-state index contributed by atoms with van der Waals surface area (Å²) in [7, 11) is 0. The van der Waals surface area contributed by atoms with Crippen LogP contribution in [0.3, 0.4) is 0 Å². The van der Waals surface area contributed by atoms with Gasteiger partial charge in [-0.1, -0.05) is 0 Å². The molecule has 0 aliphatic carbocycles. The molecular weight excluding hydrogens is 208 g/mol. The molecule has 1 aromatic rings. The first-order valence-corrected chi connectivity index (χ1v) is 5.13. The molecular formula is C11H16N2O3. The molecule has 0 spiro atoms. The van der Waals surface area contributed by atoms with Gasteiger partial charge in [0.1, 0.15) is 0 Å². The Labute approximate surface area is 94.4 Å². The van der Waals surface area contributed by atoms with Crippen LogP contribution in [0.4, 0.5) is 0 Å². The summed E-state index contributed by atoms with van der Waals surface area (Å²) < 4.78 is 0. The van der Waals surface area contributed by atoms with Gasteiger partial charge in [0.25, 0.3) is 5.91 Å². The summed E-state index contributed by atoms with van der Waals surface area (Å²) in [6.07, 6.45) is 2.43. The molecule has 5 heteroatoms. The first kappa shape index (κ1) is 12.6. The van der Waals surface area contributed by atoms with Crippen LogP contribution in [0.15, 0.2) is 24.5 Å². The van der Waals surface area contributed by atoms with Crippen LogP contribution in [-0.4, -0.2) is 51.8 Å². The zero-order valence-corrected chi connectivity index (χ0v) is 9.21. The highest BCUT2D eigenvalue weighted by Gasteiger charge is 2.16. The second-order valence-corrected chi connectivity index (χ2v) is 3.57. The van der Waals surface area contributed by atoms with Crippen LogP contribution in [0, 0.1) is 0 Å². The van der Waals surface area contributed by atoms with Gasteiger partial charge in [-0.05, 0) is 19.1 Å². The summed E-state index contributed by atoms with van der Waals surface area (Å²) in [4.78, 5) is 17.2. The van der Waals surface area contributed by atoms with E-state index in [1.807, 2.05) is 0 Å². The smallest absolute Gasteiger partial charge is 0.255 e. The second-order valence-electron chi connectivity index (χ2n) is 3.57. The van der Waals surface area contributed by atoms with Crippen molar-refractivity contribution in [3.63, 3.8) is 0 Å². The molecule has 16 heavy (non-hydrogen) atoms. The topological polar surface area (TPSA) is 73.7 Å². The minimum absolute atomic E-state index is 0.126. The van der Waals surface area contributed by atoms with Gasteiger partial charge in [-0.15, -0.1) is 0 Å². The lowest BCUT2D eigenvalue weighted by molar-refractivity contribution is 0.0605. The van der Waals surface area contributed by atoms with E-state index >= 15 is 0 Å². The van der Waals surface area contributed by atoms with Crippen LogP contribution in [0.2, 0.25) is 0 Å². The molecule has 1 amide bonds. The fourth-order valence-corrected chi connectivity index (χ4v) is 1.39. The van der Waals surface area contributed by atoms with E-state index in [1.54, 1.807) is 25.3 Å². The fourth-order valence-electron chi connectivity index (χ4n) is 1.39. The molecule has 0 saturated carbocycles. The maximum Gasteiger partial charge on any atom is 0.255 e. The molecule has 1 unspecified atom stereocenters. The highest BCUT2D eigenvalue weighted by molar-refractivity contribution is 5.93. The van der Waals surface area contributed by atoms with Crippen LogP contribution < -0.4 is 0 Å². The van der Waals surface area contributed by atoms with Gasteiger partial charge in [-0.3, -0.25) is 9.78 Å². The monoisotopic (exact) mass is 224 g/mol. The number of carbonyl (C=O) groups is 1. The fraction of sp³-hybridized carbons (Fsp3) is 0.455. The number of hydrogen-bond donors (Lipinski definition) is 2. The van der Waals surface area contributed by atoms with Gasteiger partial charge >= 0.3 is 0 Å². The Morgan fingerprint density at radius 2 is 2.38 bits per heavy atom. The van der Waals surface area contributed by atoms with Crippen molar-refractivity contribution >= 4 is 5.91 Å². The molecule has 5 nitrogen and oxygen atoms in total. The van der Waals surface area contributed by atoms with Crippen molar-refractivity contribution in [2.24, 2.45) is 0 Å². The number of rotatable bonds is 5. The molecule has 1 aromatic heterocycles. The highest BCUT2D eigenvalue weighted by Crippen LogP contribution is 2.03. The summed E-state index contributed by atoms with van der Waals surface area (Å²) in [6, 6.07) is 3.33. The summed E-state index contributed by atoms with van der Waals surface area (Å²) in [5.41, 5.74) is 0.455. The van der Waals surface area contributed by atoms with Crippen LogP contribution in [0.25, 0.3) is 0 Å². The number of hydrogen-bond acceptors (Lipinski definition) is 4. The summed E-state index contributed by atoms with van der Waals surface area (Å²) in [5, 5.41) is 18.1. The largest absolute Gasteiger partial charge is 0.395 e. The number of carbonyl (C=O) groups excluding carboxylic acids is 1. The minimum Gasteiger partial charge on any atom is -0.395 e. The Morgan fingerprint density at radius 3 is 2.88 bits per heavy atom. The molecule has 0 aliphatic rings. The van der Waals surface area contributed by atoms with Crippen molar-refractivity contribution < 1.29 is 15.0 Å². The van der Waals surface area contributed by atoms with E-state index in [4.69, 9.17) is 5.11 Å². The predicted molar refractivity (Wildman–Crippen MR) is 58.9 cm³/mol. The summed E-state index contributed by atoms with van der Waals surface area (Å²) in [5.74, 6) is -0.233. The van der Waals surface area contributed by atoms with Crippen LogP contribution in [0.5, 0.6) is 0 Å². The SMILES string of the molecule is CC(O)CN(CCO)C(=O)c1cccnc1. The Morgan fingerprint density at radius 1 is 1.62 bits per heavy atom. The molecule has 1 atom stereocenters. The lowest BCUT2D eigenvalue weighted by Crippen LogP contribution is -2.38. The van der Waals surface area contributed by atoms with Crippen molar-refractivity contribution in [1.82, 2.24) is 9.88 Å². The van der Waals surface area contributed by atoms with Crippen molar-refractivity contribution in [3.05, 3.63) is 30.1 Å². The average molecular weight is 224 g/mol. The van der Waals surface area contributed by atoms with E-state index in [0.29, 0.717) is 5.56 Å². The Bertz CT molecular complexity index is 327. The van der Waals surface area contributed by atoms with Gasteiger partial charge in [-0.2, -0.15) is 0 Å². The van der Waals surface area contributed by atoms with Crippen LogP contribution in [-0.2, 0) is 0 Å². The third-order valence-electron chi connectivity index (χ3n) is 2.05. The van der Waals surface area contributed by atoms with E-state index in [0.717, 1.165) is 0 Å². The number of aromatic nitrogens is 1. The lowest BCUT2D eigenvalue weighted by atomic mass is 10.2. The Balaban J connectivity index is 2.74. The predicted octanol–water partition coefficient (Wildman–Crippen LogP) is -0.103. The van der Waals surface area contributed by atoms with E-state index in [2.05, 4.69) is 4.98 Å². The number of pyridine rings is 1. The van der Waals surface area contributed by atoms with Gasteiger partial charge < -0.3 is 15.1 Å². The van der Waals surface area contributed by atoms with Crippen molar-refractivity contribution in [1.29, 1.82) is 0 Å². The van der Waals surface area contributed by atoms with Crippen molar-refractivity contribution in [3.8, 4) is 0 Å². The van der Waals surface area contributed by atoms with Gasteiger partial charge in [0, 0.05) is 25.5 Å². The normalized spacial score (nSPS) is 12.2. The van der Waals surface area contributed by atoms with Crippen molar-refractivity contribution in [2.45, 2.75) is 13.0 Å². The Hall–Kier alpha value is -1.46. The second kappa shape index (κ2) is 6.19. The van der Waals surface area contributed by atoms with Gasteiger partial charge in [0.05, 0.1) is 18.3 Å². The standard InChI is InChI=1S/C11H16N2O3/c1-9(15)8-13(5-6-14)11(16)10-3-2-4-12-7-10/h2-4,7,9,14-15H,5-6,8H2,1H3. The summed E-state index contributed by atoms with van der Waals surface area (Å²) in [6.45, 7) is 1.88. The third-order valence-corrected chi connectivity index (χ3v) is 2.05. The van der Waals surface area contributed by atoms with E-state index in [1.165, 1.54) is 11.1 Å². The molecule has 0 saturated heterocycles. The van der Waals surface area contributed by atoms with Crippen molar-refractivity contribution in [2.75, 3.05) is 19.7 Å². The molecule has 0 radical (unpaired) electrons. The first-order valence-electron chi connectivity index (χ1n) is 5.13. The molecule has 0 aliphatic heterocycles. The molecule has 1 heterocycles. The maximum absolute atomic E-state index is 11.9. The van der Waals surface area contributed by atoms with Gasteiger partial charge in [-0.25, -0.2) is 0 Å². The number of aliphatic hydroxyl groups is 2. The van der Waals surface area contributed by atoms with E-state index in [-0.39, 0.29) is 25.6 Å². The first-order chi connectivity index (χ1) is 7.65.